The zero-order chi connectivity index (χ0) is 16.8. The van der Waals surface area contributed by atoms with Crippen LogP contribution in [0, 0.1) is 0 Å². The van der Waals surface area contributed by atoms with Gasteiger partial charge < -0.3 is 16.0 Å². The van der Waals surface area contributed by atoms with Gasteiger partial charge in [0.2, 0.25) is 11.8 Å². The molecule has 1 fully saturated rings. The van der Waals surface area contributed by atoms with E-state index < -0.39 is 0 Å². The molecule has 1 aliphatic rings. The van der Waals surface area contributed by atoms with Crippen LogP contribution in [0.5, 0.6) is 0 Å². The molecule has 25 heavy (non-hydrogen) atoms. The van der Waals surface area contributed by atoms with Crippen molar-refractivity contribution in [3.8, 4) is 0 Å². The van der Waals surface area contributed by atoms with Gasteiger partial charge in [0.15, 0.2) is 0 Å². The van der Waals surface area contributed by atoms with Crippen LogP contribution in [-0.4, -0.2) is 60.9 Å². The molecule has 0 aliphatic carbocycles. The number of nitrogens with one attached hydrogen (secondary N) is 1. The Bertz CT molecular complexity index is 549. The third-order valence-corrected chi connectivity index (χ3v) is 4.44. The van der Waals surface area contributed by atoms with Crippen molar-refractivity contribution in [2.45, 2.75) is 13.0 Å². The molecular weight excluding hydrogens is 387 g/mol. The lowest BCUT2D eigenvalue weighted by atomic mass is 10.1. The normalized spacial score (nSPS) is 15.6. The lowest BCUT2D eigenvalue weighted by Crippen LogP contribution is -2.51. The Morgan fingerprint density at radius 2 is 1.72 bits per heavy atom. The topological polar surface area (TPSA) is 78.7 Å². The van der Waals surface area contributed by atoms with Gasteiger partial charge in [-0.15, -0.1) is 24.8 Å². The molecule has 1 saturated heterocycles. The number of hydrogen-bond acceptors (Lipinski definition) is 4. The molecule has 3 N–H and O–H groups in total. The summed E-state index contributed by atoms with van der Waals surface area (Å²) in [5.74, 6) is -0.376. The first-order chi connectivity index (χ1) is 11.0. The summed E-state index contributed by atoms with van der Waals surface area (Å²) in [6.45, 7) is 5.01. The first-order valence-corrected chi connectivity index (χ1v) is 8.13. The van der Waals surface area contributed by atoms with Gasteiger partial charge in [-0.3, -0.25) is 14.5 Å². The van der Waals surface area contributed by atoms with Crippen LogP contribution >= 0.6 is 36.4 Å². The average molecular weight is 412 g/mol. The monoisotopic (exact) mass is 410 g/mol. The lowest BCUT2D eigenvalue weighted by molar-refractivity contribution is -0.134. The molecule has 0 spiro atoms. The van der Waals surface area contributed by atoms with E-state index in [-0.39, 0.29) is 55.8 Å². The summed E-state index contributed by atoms with van der Waals surface area (Å²) in [5, 5.41) is 3.25. The highest BCUT2D eigenvalue weighted by Crippen LogP contribution is 2.23. The predicted octanol–water partition coefficient (Wildman–Crippen LogP) is 1.46. The summed E-state index contributed by atoms with van der Waals surface area (Å²) in [7, 11) is 0. The van der Waals surface area contributed by atoms with E-state index in [1.807, 2.05) is 24.3 Å². The summed E-state index contributed by atoms with van der Waals surface area (Å²) in [6, 6.07) is 8.14. The van der Waals surface area contributed by atoms with Crippen molar-refractivity contribution in [3.63, 3.8) is 0 Å². The summed E-state index contributed by atoms with van der Waals surface area (Å²) >= 11 is 5.92. The van der Waals surface area contributed by atoms with Gasteiger partial charge >= 0.3 is 0 Å². The summed E-state index contributed by atoms with van der Waals surface area (Å²) in [5.41, 5.74) is 6.41. The maximum absolute atomic E-state index is 12.0. The van der Waals surface area contributed by atoms with E-state index in [0.717, 1.165) is 18.1 Å². The quantitative estimate of drug-likeness (QED) is 0.769. The first-order valence-electron chi connectivity index (χ1n) is 7.75. The maximum atomic E-state index is 12.0. The third-order valence-electron chi connectivity index (χ3n) is 4.19. The van der Waals surface area contributed by atoms with Gasteiger partial charge in [0.1, 0.15) is 0 Å². The van der Waals surface area contributed by atoms with Crippen LogP contribution in [-0.2, 0) is 9.59 Å². The number of benzene rings is 1. The van der Waals surface area contributed by atoms with Gasteiger partial charge in [0, 0.05) is 37.2 Å². The molecule has 1 unspecified atom stereocenters. The number of hydrogen-bond donors (Lipinski definition) is 2. The Morgan fingerprint density at radius 1 is 1.16 bits per heavy atom. The molecule has 6 nitrogen and oxygen atoms in total. The van der Waals surface area contributed by atoms with Crippen molar-refractivity contribution in [1.82, 2.24) is 15.1 Å². The number of rotatable bonds is 5. The number of nitrogens with zero attached hydrogens (tertiary/aromatic N) is 2. The minimum absolute atomic E-state index is 0. The van der Waals surface area contributed by atoms with E-state index in [4.69, 9.17) is 17.3 Å². The van der Waals surface area contributed by atoms with Gasteiger partial charge in [-0.1, -0.05) is 23.7 Å². The van der Waals surface area contributed by atoms with E-state index in [2.05, 4.69) is 17.1 Å². The third kappa shape index (κ3) is 6.99. The molecule has 1 aliphatic heterocycles. The molecule has 1 heterocycles. The minimum Gasteiger partial charge on any atom is -0.346 e. The van der Waals surface area contributed by atoms with Crippen LogP contribution in [0.25, 0.3) is 0 Å². The van der Waals surface area contributed by atoms with Crippen LogP contribution in [0.3, 0.4) is 0 Å². The molecule has 9 heteroatoms. The second-order valence-electron chi connectivity index (χ2n) is 5.63. The van der Waals surface area contributed by atoms with Crippen molar-refractivity contribution in [2.75, 3.05) is 39.3 Å². The molecule has 1 atom stereocenters. The zero-order valence-corrected chi connectivity index (χ0v) is 16.5. The standard InChI is InChI=1S/C16H23ClN4O2.2ClH/c1-12(13-2-4-14(17)5-3-13)20-6-8-21(9-7-20)16(23)11-19-15(22)10-18;;/h2-5,12H,6-11,18H2,1H3,(H,19,22);2*1H. The first kappa shape index (κ1) is 23.9. The summed E-state index contributed by atoms with van der Waals surface area (Å²) in [4.78, 5) is 27.3. The molecular formula is C16H25Cl3N4O2. The van der Waals surface area contributed by atoms with Gasteiger partial charge in [-0.2, -0.15) is 0 Å². The smallest absolute Gasteiger partial charge is 0.242 e. The van der Waals surface area contributed by atoms with E-state index in [9.17, 15) is 9.59 Å². The number of amides is 2. The molecule has 2 amide bonds. The largest absolute Gasteiger partial charge is 0.346 e. The lowest BCUT2D eigenvalue weighted by Gasteiger charge is -2.38. The summed E-state index contributed by atoms with van der Waals surface area (Å²) in [6.07, 6.45) is 0. The number of nitrogens with two attached hydrogens (primary N) is 1. The maximum Gasteiger partial charge on any atom is 0.242 e. The molecule has 1 aromatic rings. The molecule has 0 saturated carbocycles. The second-order valence-corrected chi connectivity index (χ2v) is 6.06. The molecule has 0 aromatic heterocycles. The van der Waals surface area contributed by atoms with Gasteiger partial charge in [-0.25, -0.2) is 0 Å². The predicted molar refractivity (Wildman–Crippen MR) is 105 cm³/mol. The number of carbonyl (C=O) groups excluding carboxylic acids is 2. The Hall–Kier alpha value is -1.05. The fourth-order valence-corrected chi connectivity index (χ4v) is 2.79. The average Bonchev–Trinajstić information content (AvgIpc) is 2.59. The van der Waals surface area contributed by atoms with E-state index in [1.54, 1.807) is 4.90 Å². The van der Waals surface area contributed by atoms with Crippen LogP contribution in [0.15, 0.2) is 24.3 Å². The highest BCUT2D eigenvalue weighted by Gasteiger charge is 2.24. The molecule has 1 aromatic carbocycles. The van der Waals surface area contributed by atoms with Crippen molar-refractivity contribution >= 4 is 48.2 Å². The Morgan fingerprint density at radius 3 is 2.24 bits per heavy atom. The fourth-order valence-electron chi connectivity index (χ4n) is 2.67. The Labute approximate surface area is 165 Å². The van der Waals surface area contributed by atoms with Crippen molar-refractivity contribution in [2.24, 2.45) is 5.73 Å². The van der Waals surface area contributed by atoms with Gasteiger partial charge in [0.05, 0.1) is 13.1 Å². The van der Waals surface area contributed by atoms with Crippen LogP contribution in [0.2, 0.25) is 5.02 Å². The van der Waals surface area contributed by atoms with Gasteiger partial charge in [0.25, 0.3) is 0 Å². The molecule has 0 bridgehead atoms. The molecule has 142 valence electrons. The zero-order valence-electron chi connectivity index (χ0n) is 14.1. The number of halogens is 3. The van der Waals surface area contributed by atoms with Crippen LogP contribution in [0.4, 0.5) is 0 Å². The Balaban J connectivity index is 0.00000288. The fraction of sp³-hybridized carbons (Fsp3) is 0.500. The number of carbonyl (C=O) groups is 2. The second kappa shape index (κ2) is 11.5. The van der Waals surface area contributed by atoms with E-state index in [0.29, 0.717) is 13.1 Å². The van der Waals surface area contributed by atoms with Crippen molar-refractivity contribution in [3.05, 3.63) is 34.9 Å². The van der Waals surface area contributed by atoms with Crippen LogP contribution < -0.4 is 11.1 Å². The highest BCUT2D eigenvalue weighted by atomic mass is 35.5. The minimum atomic E-state index is -0.312. The Kier molecular flexibility index (Phi) is 11.1. The molecule has 0 radical (unpaired) electrons. The van der Waals surface area contributed by atoms with Crippen molar-refractivity contribution < 1.29 is 9.59 Å². The molecule has 2 rings (SSSR count). The summed E-state index contributed by atoms with van der Waals surface area (Å²) < 4.78 is 0. The highest BCUT2D eigenvalue weighted by molar-refractivity contribution is 6.30. The van der Waals surface area contributed by atoms with E-state index in [1.165, 1.54) is 5.56 Å². The van der Waals surface area contributed by atoms with Crippen LogP contribution in [0.1, 0.15) is 18.5 Å². The van der Waals surface area contributed by atoms with Crippen molar-refractivity contribution in [1.29, 1.82) is 0 Å². The SMILES string of the molecule is CC(c1ccc(Cl)cc1)N1CCN(C(=O)CNC(=O)CN)CC1.Cl.Cl. The van der Waals surface area contributed by atoms with E-state index >= 15 is 0 Å². The number of piperazine rings is 1. The van der Waals surface area contributed by atoms with Gasteiger partial charge in [-0.05, 0) is 24.6 Å².